The molecule has 1 saturated heterocycles. The van der Waals surface area contributed by atoms with Gasteiger partial charge in [-0.3, -0.25) is 13.9 Å². The third-order valence-electron chi connectivity index (χ3n) is 8.29. The maximum Gasteiger partial charge on any atom is 0.416 e. The average Bonchev–Trinajstić information content (AvgIpc) is 3.02. The molecule has 0 spiro atoms. The summed E-state index contributed by atoms with van der Waals surface area (Å²) < 4.78 is 86.2. The van der Waals surface area contributed by atoms with E-state index in [4.69, 9.17) is 9.47 Å². The highest BCUT2D eigenvalue weighted by Crippen LogP contribution is 2.35. The van der Waals surface area contributed by atoms with Gasteiger partial charge in [0, 0.05) is 29.7 Å². The monoisotopic (exact) mass is 643 g/mol. The molecule has 1 aromatic heterocycles. The maximum atomic E-state index is 16.2. The fourth-order valence-corrected chi connectivity index (χ4v) is 5.78. The van der Waals surface area contributed by atoms with Crippen LogP contribution in [0.2, 0.25) is 0 Å². The fourth-order valence-electron chi connectivity index (χ4n) is 5.78. The standard InChI is InChI=1S/C34H34F5N3O4/c1-21-30(24-11-7-14-29(31(24)36)46-23-15-17-45-18-16-23)32(43)42(20-28(40(2)3)22-9-5-4-6-10-22)33(44)41(21)19-25-26(34(37,38)39)12-8-13-27(25)35/h4-14,23,28H,15-20H2,1-3H3. The molecule has 12 heteroatoms. The Morgan fingerprint density at radius 1 is 0.935 bits per heavy atom. The normalized spacial score (nSPS) is 14.9. The summed E-state index contributed by atoms with van der Waals surface area (Å²) in [6.07, 6.45) is -4.16. The zero-order chi connectivity index (χ0) is 33.2. The van der Waals surface area contributed by atoms with E-state index in [0.717, 1.165) is 32.9 Å². The number of hydrogen-bond donors (Lipinski definition) is 0. The van der Waals surface area contributed by atoms with Crippen LogP contribution in [0.4, 0.5) is 22.0 Å². The van der Waals surface area contributed by atoms with Gasteiger partial charge in [-0.1, -0.05) is 48.5 Å². The highest BCUT2D eigenvalue weighted by atomic mass is 19.4. The molecule has 1 aliphatic heterocycles. The van der Waals surface area contributed by atoms with Crippen molar-refractivity contribution in [3.63, 3.8) is 0 Å². The van der Waals surface area contributed by atoms with Crippen LogP contribution in [0.5, 0.6) is 5.75 Å². The third kappa shape index (κ3) is 6.78. The zero-order valence-electron chi connectivity index (χ0n) is 25.6. The molecule has 0 saturated carbocycles. The number of rotatable bonds is 9. The zero-order valence-corrected chi connectivity index (χ0v) is 25.6. The first kappa shape index (κ1) is 33.1. The summed E-state index contributed by atoms with van der Waals surface area (Å²) in [5.41, 5.74) is -3.63. The summed E-state index contributed by atoms with van der Waals surface area (Å²) >= 11 is 0. The second-order valence-electron chi connectivity index (χ2n) is 11.4. The Hall–Kier alpha value is -4.29. The molecule has 4 aromatic rings. The number of nitrogens with zero attached hydrogens (tertiary/aromatic N) is 3. The molecule has 46 heavy (non-hydrogen) atoms. The smallest absolute Gasteiger partial charge is 0.416 e. The van der Waals surface area contributed by atoms with Crippen LogP contribution in [0, 0.1) is 18.6 Å². The third-order valence-corrected chi connectivity index (χ3v) is 8.29. The van der Waals surface area contributed by atoms with Gasteiger partial charge in [-0.2, -0.15) is 13.2 Å². The highest BCUT2D eigenvalue weighted by molar-refractivity contribution is 5.67. The lowest BCUT2D eigenvalue weighted by Crippen LogP contribution is -2.45. The van der Waals surface area contributed by atoms with Gasteiger partial charge in [0.05, 0.1) is 43.5 Å². The summed E-state index contributed by atoms with van der Waals surface area (Å²) in [4.78, 5) is 30.0. The van der Waals surface area contributed by atoms with E-state index >= 15 is 8.78 Å². The number of alkyl halides is 3. The Bertz CT molecular complexity index is 1810. The van der Waals surface area contributed by atoms with Crippen molar-refractivity contribution in [2.45, 2.75) is 51.2 Å². The molecule has 0 bridgehead atoms. The lowest BCUT2D eigenvalue weighted by atomic mass is 10.0. The van der Waals surface area contributed by atoms with Crippen molar-refractivity contribution in [3.8, 4) is 16.9 Å². The van der Waals surface area contributed by atoms with Gasteiger partial charge in [-0.25, -0.2) is 13.6 Å². The summed E-state index contributed by atoms with van der Waals surface area (Å²) in [6, 6.07) is 15.3. The highest BCUT2D eigenvalue weighted by Gasteiger charge is 2.35. The number of hydrogen-bond acceptors (Lipinski definition) is 5. The fraction of sp³-hybridized carbons (Fsp3) is 0.353. The predicted octanol–water partition coefficient (Wildman–Crippen LogP) is 6.19. The number of benzene rings is 3. The lowest BCUT2D eigenvalue weighted by Gasteiger charge is -2.27. The molecule has 0 aliphatic carbocycles. The van der Waals surface area contributed by atoms with Gasteiger partial charge in [0.25, 0.3) is 5.56 Å². The Morgan fingerprint density at radius 3 is 2.26 bits per heavy atom. The van der Waals surface area contributed by atoms with Crippen molar-refractivity contribution < 1.29 is 31.4 Å². The van der Waals surface area contributed by atoms with Crippen LogP contribution in [0.25, 0.3) is 11.1 Å². The molecule has 0 radical (unpaired) electrons. The van der Waals surface area contributed by atoms with Crippen LogP contribution in [-0.4, -0.2) is 47.4 Å². The van der Waals surface area contributed by atoms with Crippen LogP contribution < -0.4 is 16.0 Å². The van der Waals surface area contributed by atoms with Crippen molar-refractivity contribution in [2.75, 3.05) is 27.3 Å². The molecule has 7 nitrogen and oxygen atoms in total. The Balaban J connectivity index is 1.73. The quantitative estimate of drug-likeness (QED) is 0.204. The van der Waals surface area contributed by atoms with E-state index in [9.17, 15) is 22.8 Å². The van der Waals surface area contributed by atoms with Crippen LogP contribution in [0.3, 0.4) is 0 Å². The summed E-state index contributed by atoms with van der Waals surface area (Å²) in [5, 5.41) is 0. The van der Waals surface area contributed by atoms with E-state index in [0.29, 0.717) is 26.1 Å². The average molecular weight is 644 g/mol. The number of aromatic nitrogens is 2. The molecule has 1 aliphatic rings. The van der Waals surface area contributed by atoms with Crippen LogP contribution in [-0.2, 0) is 24.0 Å². The van der Waals surface area contributed by atoms with Crippen molar-refractivity contribution in [3.05, 3.63) is 122 Å². The Labute approximate surface area is 262 Å². The van der Waals surface area contributed by atoms with Crippen LogP contribution >= 0.6 is 0 Å². The molecule has 2 heterocycles. The largest absolute Gasteiger partial charge is 0.487 e. The summed E-state index contributed by atoms with van der Waals surface area (Å²) in [6.45, 7) is 1.17. The van der Waals surface area contributed by atoms with Gasteiger partial charge in [0.1, 0.15) is 11.9 Å². The molecule has 1 atom stereocenters. The molecule has 3 aromatic carbocycles. The summed E-state index contributed by atoms with van der Waals surface area (Å²) in [7, 11) is 3.50. The van der Waals surface area contributed by atoms with E-state index in [1.54, 1.807) is 31.1 Å². The molecule has 1 fully saturated rings. The van der Waals surface area contributed by atoms with Crippen molar-refractivity contribution in [2.24, 2.45) is 0 Å². The molecule has 0 amide bonds. The Morgan fingerprint density at radius 2 is 1.61 bits per heavy atom. The first-order valence-corrected chi connectivity index (χ1v) is 14.8. The minimum atomic E-state index is -4.92. The minimum Gasteiger partial charge on any atom is -0.487 e. The van der Waals surface area contributed by atoms with Crippen molar-refractivity contribution in [1.29, 1.82) is 0 Å². The van der Waals surface area contributed by atoms with Crippen molar-refractivity contribution >= 4 is 0 Å². The number of halogens is 5. The first-order chi connectivity index (χ1) is 21.9. The van der Waals surface area contributed by atoms with Gasteiger partial charge in [-0.15, -0.1) is 0 Å². The Kier molecular flexibility index (Phi) is 9.78. The molecule has 5 rings (SSSR count). The predicted molar refractivity (Wildman–Crippen MR) is 163 cm³/mol. The lowest BCUT2D eigenvalue weighted by molar-refractivity contribution is -0.138. The summed E-state index contributed by atoms with van der Waals surface area (Å²) in [5.74, 6) is -2.15. The van der Waals surface area contributed by atoms with Gasteiger partial charge in [-0.05, 0) is 44.8 Å². The van der Waals surface area contributed by atoms with E-state index in [1.165, 1.54) is 25.1 Å². The molecule has 0 N–H and O–H groups in total. The molecular formula is C34H34F5N3O4. The van der Waals surface area contributed by atoms with E-state index in [1.807, 2.05) is 18.2 Å². The first-order valence-electron chi connectivity index (χ1n) is 14.8. The van der Waals surface area contributed by atoms with E-state index in [-0.39, 0.29) is 35.2 Å². The van der Waals surface area contributed by atoms with Crippen LogP contribution in [0.1, 0.15) is 41.3 Å². The second kappa shape index (κ2) is 13.6. The maximum absolute atomic E-state index is 16.2. The second-order valence-corrected chi connectivity index (χ2v) is 11.4. The SMILES string of the molecule is Cc1c(-c2cccc(OC3CCOCC3)c2F)c(=O)n(CC(c2ccccc2)N(C)C)c(=O)n1Cc1c(F)cccc1C(F)(F)F. The van der Waals surface area contributed by atoms with E-state index in [2.05, 4.69) is 0 Å². The number of likely N-dealkylation sites (N-methyl/N-ethyl adjacent to an activating group) is 1. The van der Waals surface area contributed by atoms with Gasteiger partial charge in [0.15, 0.2) is 11.6 Å². The van der Waals surface area contributed by atoms with Crippen molar-refractivity contribution in [1.82, 2.24) is 14.0 Å². The van der Waals surface area contributed by atoms with Crippen LogP contribution in [0.15, 0.2) is 76.3 Å². The minimum absolute atomic E-state index is 0.114. The van der Waals surface area contributed by atoms with E-state index < -0.39 is 52.8 Å². The molecule has 244 valence electrons. The van der Waals surface area contributed by atoms with Gasteiger partial charge < -0.3 is 14.4 Å². The molecule has 1 unspecified atom stereocenters. The number of ether oxygens (including phenoxy) is 2. The molecular weight excluding hydrogens is 609 g/mol. The topological polar surface area (TPSA) is 65.7 Å². The van der Waals surface area contributed by atoms with Gasteiger partial charge in [0.2, 0.25) is 0 Å². The van der Waals surface area contributed by atoms with Gasteiger partial charge >= 0.3 is 11.9 Å².